The lowest BCUT2D eigenvalue weighted by molar-refractivity contribution is 0.562. The third kappa shape index (κ3) is 2.56. The fourth-order valence-electron chi connectivity index (χ4n) is 2.26. The number of H-pyrrole nitrogens is 1. The first-order chi connectivity index (χ1) is 9.36. The van der Waals surface area contributed by atoms with Crippen molar-refractivity contribution in [3.05, 3.63) is 24.5 Å². The second kappa shape index (κ2) is 4.54. The van der Waals surface area contributed by atoms with Gasteiger partial charge < -0.3 is 4.98 Å². The van der Waals surface area contributed by atoms with Gasteiger partial charge in [0.05, 0.1) is 33.8 Å². The molecule has 20 heavy (non-hydrogen) atoms. The number of nitrogens with one attached hydrogen (secondary N) is 2. The fourth-order valence-corrected chi connectivity index (χ4v) is 5.33. The van der Waals surface area contributed by atoms with Gasteiger partial charge in [-0.3, -0.25) is 0 Å². The van der Waals surface area contributed by atoms with Crippen LogP contribution >= 0.6 is 0 Å². The van der Waals surface area contributed by atoms with Crippen molar-refractivity contribution in [2.45, 2.75) is 17.4 Å². The van der Waals surface area contributed by atoms with Crippen molar-refractivity contribution < 1.29 is 16.8 Å². The van der Waals surface area contributed by atoms with Gasteiger partial charge in [-0.25, -0.2) is 26.5 Å². The van der Waals surface area contributed by atoms with E-state index >= 15 is 0 Å². The Morgan fingerprint density at radius 1 is 1.35 bits per heavy atom. The maximum atomic E-state index is 12.2. The van der Waals surface area contributed by atoms with Crippen molar-refractivity contribution in [2.75, 3.05) is 11.5 Å². The molecule has 7 nitrogen and oxygen atoms in total. The third-order valence-corrected chi connectivity index (χ3v) is 6.54. The van der Waals surface area contributed by atoms with Gasteiger partial charge in [-0.05, 0) is 24.6 Å². The highest BCUT2D eigenvalue weighted by Crippen LogP contribution is 2.18. The van der Waals surface area contributed by atoms with E-state index in [0.717, 1.165) is 0 Å². The number of aromatic nitrogens is 2. The summed E-state index contributed by atoms with van der Waals surface area (Å²) in [6, 6.07) is 3.98. The maximum absolute atomic E-state index is 12.2. The molecule has 1 aromatic heterocycles. The van der Waals surface area contributed by atoms with E-state index in [0.29, 0.717) is 17.5 Å². The average Bonchev–Trinajstić information content (AvgIpc) is 2.94. The van der Waals surface area contributed by atoms with Crippen LogP contribution in [0.5, 0.6) is 0 Å². The molecule has 3 rings (SSSR count). The van der Waals surface area contributed by atoms with Crippen molar-refractivity contribution >= 4 is 30.9 Å². The second-order valence-electron chi connectivity index (χ2n) is 4.80. The van der Waals surface area contributed by atoms with Crippen LogP contribution < -0.4 is 4.72 Å². The van der Waals surface area contributed by atoms with E-state index in [1.54, 1.807) is 6.07 Å². The number of hydrogen-bond acceptors (Lipinski definition) is 5. The largest absolute Gasteiger partial charge is 0.345 e. The first kappa shape index (κ1) is 13.5. The number of aromatic amines is 1. The summed E-state index contributed by atoms with van der Waals surface area (Å²) in [5.41, 5.74) is 1.29. The van der Waals surface area contributed by atoms with Gasteiger partial charge in [-0.2, -0.15) is 0 Å². The summed E-state index contributed by atoms with van der Waals surface area (Å²) in [5.74, 6) is -0.113. The van der Waals surface area contributed by atoms with Crippen LogP contribution in [0.15, 0.2) is 29.4 Å². The molecule has 9 heteroatoms. The first-order valence-corrected chi connectivity index (χ1v) is 9.32. The number of benzene rings is 1. The van der Waals surface area contributed by atoms with Crippen molar-refractivity contribution in [1.29, 1.82) is 0 Å². The number of rotatable bonds is 3. The van der Waals surface area contributed by atoms with Gasteiger partial charge >= 0.3 is 0 Å². The van der Waals surface area contributed by atoms with E-state index in [9.17, 15) is 16.8 Å². The first-order valence-electron chi connectivity index (χ1n) is 6.02. The zero-order valence-corrected chi connectivity index (χ0v) is 12.0. The molecule has 0 amide bonds. The number of sulfonamides is 1. The summed E-state index contributed by atoms with van der Waals surface area (Å²) >= 11 is 0. The van der Waals surface area contributed by atoms with Crippen molar-refractivity contribution in [1.82, 2.24) is 14.7 Å². The fraction of sp³-hybridized carbons (Fsp3) is 0.364. The smallest absolute Gasteiger partial charge is 0.240 e. The van der Waals surface area contributed by atoms with Gasteiger partial charge in [0.15, 0.2) is 9.84 Å². The summed E-state index contributed by atoms with van der Waals surface area (Å²) in [6.45, 7) is 0. The minimum atomic E-state index is -3.73. The molecule has 2 heterocycles. The van der Waals surface area contributed by atoms with Gasteiger partial charge in [0, 0.05) is 6.04 Å². The predicted molar refractivity (Wildman–Crippen MR) is 73.5 cm³/mol. The lowest BCUT2D eigenvalue weighted by Crippen LogP contribution is -2.35. The Kier molecular flexibility index (Phi) is 3.07. The SMILES string of the molecule is O=S1(=O)CCC(NS(=O)(=O)c2ccc3nc[nH]c3c2)C1. The lowest BCUT2D eigenvalue weighted by atomic mass is 10.3. The molecule has 2 aromatic rings. The van der Waals surface area contributed by atoms with Gasteiger partial charge in [0.1, 0.15) is 0 Å². The van der Waals surface area contributed by atoms with Crippen molar-refractivity contribution in [3.63, 3.8) is 0 Å². The van der Waals surface area contributed by atoms with Crippen LogP contribution in [-0.4, -0.2) is 44.4 Å². The zero-order valence-electron chi connectivity index (χ0n) is 10.4. The monoisotopic (exact) mass is 315 g/mol. The Balaban J connectivity index is 1.88. The van der Waals surface area contributed by atoms with Gasteiger partial charge in [-0.1, -0.05) is 0 Å². The van der Waals surface area contributed by atoms with Gasteiger partial charge in [-0.15, -0.1) is 0 Å². The summed E-state index contributed by atoms with van der Waals surface area (Å²) in [6.07, 6.45) is 1.80. The number of sulfone groups is 1. The van der Waals surface area contributed by atoms with Crippen LogP contribution in [0.3, 0.4) is 0 Å². The van der Waals surface area contributed by atoms with E-state index < -0.39 is 25.9 Å². The molecule has 1 fully saturated rings. The van der Waals surface area contributed by atoms with Crippen LogP contribution in [0.1, 0.15) is 6.42 Å². The quantitative estimate of drug-likeness (QED) is 0.830. The highest BCUT2D eigenvalue weighted by atomic mass is 32.2. The Hall–Kier alpha value is -1.45. The topological polar surface area (TPSA) is 109 Å². The van der Waals surface area contributed by atoms with Crippen LogP contribution in [0.25, 0.3) is 11.0 Å². The Morgan fingerprint density at radius 2 is 2.15 bits per heavy atom. The Morgan fingerprint density at radius 3 is 2.85 bits per heavy atom. The minimum Gasteiger partial charge on any atom is -0.345 e. The van der Waals surface area contributed by atoms with E-state index in [4.69, 9.17) is 0 Å². The molecule has 0 aliphatic carbocycles. The molecule has 0 saturated carbocycles. The van der Waals surface area contributed by atoms with Crippen LogP contribution in [0, 0.1) is 0 Å². The van der Waals surface area contributed by atoms with E-state index in [1.807, 2.05) is 0 Å². The highest BCUT2D eigenvalue weighted by molar-refractivity contribution is 7.92. The summed E-state index contributed by atoms with van der Waals surface area (Å²) in [4.78, 5) is 6.95. The molecule has 1 aliphatic heterocycles. The van der Waals surface area contributed by atoms with E-state index in [-0.39, 0.29) is 16.4 Å². The summed E-state index contributed by atoms with van der Waals surface area (Å²) in [5, 5.41) is 0. The summed E-state index contributed by atoms with van der Waals surface area (Å²) < 4.78 is 49.6. The molecule has 1 aliphatic rings. The molecule has 1 atom stereocenters. The van der Waals surface area contributed by atoms with Gasteiger partial charge in [0.2, 0.25) is 10.0 Å². The number of imidazole rings is 1. The standard InChI is InChI=1S/C11H13N3O4S2/c15-19(16)4-3-8(6-19)14-20(17,18)9-1-2-10-11(5-9)13-7-12-10/h1-2,5,7-8,14H,3-4,6H2,(H,12,13). The van der Waals surface area contributed by atoms with Crippen LogP contribution in [0.4, 0.5) is 0 Å². The van der Waals surface area contributed by atoms with Gasteiger partial charge in [0.25, 0.3) is 0 Å². The highest BCUT2D eigenvalue weighted by Gasteiger charge is 2.31. The van der Waals surface area contributed by atoms with Crippen molar-refractivity contribution in [3.8, 4) is 0 Å². The minimum absolute atomic E-state index is 0.0275. The predicted octanol–water partition coefficient (Wildman–Crippen LogP) is 0.0283. The molecule has 2 N–H and O–H groups in total. The number of fused-ring (bicyclic) bond motifs is 1. The molecular formula is C11H13N3O4S2. The molecule has 0 radical (unpaired) electrons. The lowest BCUT2D eigenvalue weighted by Gasteiger charge is -2.11. The second-order valence-corrected chi connectivity index (χ2v) is 8.75. The van der Waals surface area contributed by atoms with E-state index in [2.05, 4.69) is 14.7 Å². The molecular weight excluding hydrogens is 302 g/mol. The van der Waals surface area contributed by atoms with E-state index in [1.165, 1.54) is 18.5 Å². The molecule has 1 saturated heterocycles. The Labute approximate surface area is 116 Å². The number of hydrogen-bond donors (Lipinski definition) is 2. The Bertz CT molecular complexity index is 855. The average molecular weight is 315 g/mol. The molecule has 1 unspecified atom stereocenters. The van der Waals surface area contributed by atoms with Crippen molar-refractivity contribution in [2.24, 2.45) is 0 Å². The van der Waals surface area contributed by atoms with Crippen LogP contribution in [0.2, 0.25) is 0 Å². The normalized spacial score (nSPS) is 22.3. The molecule has 108 valence electrons. The molecule has 1 aromatic carbocycles. The molecule has 0 bridgehead atoms. The third-order valence-electron chi connectivity index (χ3n) is 3.26. The maximum Gasteiger partial charge on any atom is 0.240 e. The zero-order chi connectivity index (χ0) is 14.4. The molecule has 0 spiro atoms. The summed E-state index contributed by atoms with van der Waals surface area (Å²) in [7, 11) is -6.84. The number of nitrogens with zero attached hydrogens (tertiary/aromatic N) is 1. The van der Waals surface area contributed by atoms with Crippen LogP contribution in [-0.2, 0) is 19.9 Å².